The van der Waals surface area contributed by atoms with E-state index in [2.05, 4.69) is 15.3 Å². The lowest BCUT2D eigenvalue weighted by Gasteiger charge is -2.33. The zero-order valence-corrected chi connectivity index (χ0v) is 14.1. The van der Waals surface area contributed by atoms with E-state index in [9.17, 15) is 9.18 Å². The molecule has 0 saturated carbocycles. The molecule has 3 rings (SSSR count). The van der Waals surface area contributed by atoms with Crippen LogP contribution in [0.4, 0.5) is 4.39 Å². The Labute approximate surface area is 151 Å². The fraction of sp³-hybridized carbons (Fsp3) is 0.150. The molecular formula is C20H19FN4O. The zero-order chi connectivity index (χ0) is 18.4. The zero-order valence-electron chi connectivity index (χ0n) is 14.1. The Balaban J connectivity index is 1.99. The van der Waals surface area contributed by atoms with Crippen LogP contribution in [0.3, 0.4) is 0 Å². The monoisotopic (exact) mass is 350 g/mol. The van der Waals surface area contributed by atoms with Crippen molar-refractivity contribution in [2.45, 2.75) is 18.5 Å². The van der Waals surface area contributed by atoms with Gasteiger partial charge in [-0.3, -0.25) is 20.1 Å². The van der Waals surface area contributed by atoms with Gasteiger partial charge in [-0.25, -0.2) is 4.39 Å². The molecule has 26 heavy (non-hydrogen) atoms. The highest BCUT2D eigenvalue weighted by atomic mass is 19.1. The van der Waals surface area contributed by atoms with Crippen LogP contribution in [0.5, 0.6) is 0 Å². The number of rotatable bonds is 7. The molecule has 0 radical (unpaired) electrons. The molecule has 132 valence electrons. The van der Waals surface area contributed by atoms with E-state index in [1.165, 1.54) is 12.1 Å². The van der Waals surface area contributed by atoms with Crippen LogP contribution < -0.4 is 11.1 Å². The topological polar surface area (TPSA) is 80.9 Å². The molecule has 0 spiro atoms. The maximum atomic E-state index is 13.4. The lowest BCUT2D eigenvalue weighted by Crippen LogP contribution is -2.54. The summed E-state index contributed by atoms with van der Waals surface area (Å²) in [6.45, 7) is 0.406. The molecule has 5 nitrogen and oxygen atoms in total. The smallest absolute Gasteiger partial charge is 0.242 e. The van der Waals surface area contributed by atoms with Gasteiger partial charge >= 0.3 is 0 Å². The Kier molecular flexibility index (Phi) is 5.34. The van der Waals surface area contributed by atoms with E-state index in [0.29, 0.717) is 18.5 Å². The second-order valence-corrected chi connectivity index (χ2v) is 6.02. The number of pyridine rings is 2. The molecule has 0 saturated heterocycles. The fourth-order valence-corrected chi connectivity index (χ4v) is 2.88. The molecule has 0 fully saturated rings. The number of carbonyl (C=O) groups excluding carboxylic acids is 1. The van der Waals surface area contributed by atoms with E-state index in [1.807, 2.05) is 18.2 Å². The van der Waals surface area contributed by atoms with Gasteiger partial charge in [0.1, 0.15) is 11.4 Å². The number of amides is 1. The average molecular weight is 350 g/mol. The number of nitrogens with two attached hydrogens (primary N) is 1. The van der Waals surface area contributed by atoms with Crippen LogP contribution in [0.25, 0.3) is 0 Å². The van der Waals surface area contributed by atoms with Crippen LogP contribution in [0.15, 0.2) is 73.3 Å². The van der Waals surface area contributed by atoms with E-state index >= 15 is 0 Å². The molecule has 0 aliphatic heterocycles. The van der Waals surface area contributed by atoms with Crippen LogP contribution in [0.1, 0.15) is 16.7 Å². The molecule has 2 aromatic heterocycles. The van der Waals surface area contributed by atoms with Crippen molar-refractivity contribution in [3.8, 4) is 0 Å². The molecule has 6 heteroatoms. The Morgan fingerprint density at radius 2 is 1.73 bits per heavy atom. The summed E-state index contributed by atoms with van der Waals surface area (Å²) in [7, 11) is 0. The number of halogens is 1. The predicted molar refractivity (Wildman–Crippen MR) is 96.3 cm³/mol. The van der Waals surface area contributed by atoms with Gasteiger partial charge in [0.05, 0.1) is 0 Å². The van der Waals surface area contributed by atoms with Gasteiger partial charge < -0.3 is 5.73 Å². The number of aromatic nitrogens is 2. The van der Waals surface area contributed by atoms with Crippen molar-refractivity contribution in [3.63, 3.8) is 0 Å². The van der Waals surface area contributed by atoms with Crippen LogP contribution in [-0.4, -0.2) is 15.9 Å². The third-order valence-corrected chi connectivity index (χ3v) is 4.29. The quantitative estimate of drug-likeness (QED) is 0.685. The number of carbonyl (C=O) groups is 1. The molecule has 3 N–H and O–H groups in total. The highest BCUT2D eigenvalue weighted by Gasteiger charge is 2.38. The molecule has 0 aliphatic carbocycles. The van der Waals surface area contributed by atoms with Crippen LogP contribution >= 0.6 is 0 Å². The summed E-state index contributed by atoms with van der Waals surface area (Å²) in [4.78, 5) is 20.7. The lowest BCUT2D eigenvalue weighted by molar-refractivity contribution is -0.125. The number of hydrogen-bond donors (Lipinski definition) is 2. The molecular weight excluding hydrogens is 331 g/mol. The Bertz CT molecular complexity index is 856. The first-order valence-corrected chi connectivity index (χ1v) is 8.19. The largest absolute Gasteiger partial charge is 0.368 e. The Morgan fingerprint density at radius 1 is 1.00 bits per heavy atom. The molecule has 0 bridgehead atoms. The molecule has 1 atom stereocenters. The maximum absolute atomic E-state index is 13.4. The van der Waals surface area contributed by atoms with Crippen molar-refractivity contribution < 1.29 is 9.18 Å². The molecule has 3 aromatic rings. The summed E-state index contributed by atoms with van der Waals surface area (Å²) in [5.41, 5.74) is 7.04. The third kappa shape index (κ3) is 3.92. The fourth-order valence-electron chi connectivity index (χ4n) is 2.88. The van der Waals surface area contributed by atoms with Crippen molar-refractivity contribution in [2.24, 2.45) is 5.73 Å². The van der Waals surface area contributed by atoms with E-state index in [0.717, 1.165) is 11.1 Å². The molecule has 1 unspecified atom stereocenters. The van der Waals surface area contributed by atoms with E-state index < -0.39 is 11.4 Å². The van der Waals surface area contributed by atoms with Gasteiger partial charge in [-0.05, 0) is 47.0 Å². The number of primary amides is 1. The Morgan fingerprint density at radius 3 is 2.35 bits per heavy atom. The highest BCUT2D eigenvalue weighted by Crippen LogP contribution is 2.27. The average Bonchev–Trinajstić information content (AvgIpc) is 2.67. The van der Waals surface area contributed by atoms with E-state index in [-0.39, 0.29) is 5.82 Å². The van der Waals surface area contributed by atoms with Crippen molar-refractivity contribution in [2.75, 3.05) is 0 Å². The van der Waals surface area contributed by atoms with E-state index in [1.54, 1.807) is 43.0 Å². The summed E-state index contributed by atoms with van der Waals surface area (Å²) in [5, 5.41) is 3.28. The Hall–Kier alpha value is -3.12. The summed E-state index contributed by atoms with van der Waals surface area (Å²) >= 11 is 0. The summed E-state index contributed by atoms with van der Waals surface area (Å²) < 4.78 is 13.4. The summed E-state index contributed by atoms with van der Waals surface area (Å²) in [5.74, 6) is -0.912. The number of nitrogens with zero attached hydrogens (tertiary/aromatic N) is 2. The minimum Gasteiger partial charge on any atom is -0.368 e. The van der Waals surface area contributed by atoms with E-state index in [4.69, 9.17) is 5.73 Å². The second kappa shape index (κ2) is 7.84. The SMILES string of the molecule is NC(=O)C(Cc1cccnc1)(NCc1ccncc1)c1ccc(F)cc1. The van der Waals surface area contributed by atoms with Gasteiger partial charge in [-0.2, -0.15) is 0 Å². The van der Waals surface area contributed by atoms with Gasteiger partial charge in [-0.1, -0.05) is 18.2 Å². The van der Waals surface area contributed by atoms with Gasteiger partial charge in [0, 0.05) is 37.8 Å². The summed E-state index contributed by atoms with van der Waals surface area (Å²) in [6, 6.07) is 13.2. The highest BCUT2D eigenvalue weighted by molar-refractivity contribution is 5.86. The predicted octanol–water partition coefficient (Wildman–Crippen LogP) is 2.33. The minimum absolute atomic E-state index is 0.299. The number of hydrogen-bond acceptors (Lipinski definition) is 4. The first-order chi connectivity index (χ1) is 12.6. The first kappa shape index (κ1) is 17.7. The van der Waals surface area contributed by atoms with Gasteiger partial charge in [0.15, 0.2) is 0 Å². The normalized spacial score (nSPS) is 13.1. The molecule has 1 aromatic carbocycles. The number of nitrogens with one attached hydrogen (secondary N) is 1. The van der Waals surface area contributed by atoms with Crippen molar-refractivity contribution in [1.29, 1.82) is 0 Å². The minimum atomic E-state index is -1.19. The van der Waals surface area contributed by atoms with Crippen LogP contribution in [-0.2, 0) is 23.3 Å². The van der Waals surface area contributed by atoms with Crippen molar-refractivity contribution >= 4 is 5.91 Å². The van der Waals surface area contributed by atoms with Gasteiger partial charge in [-0.15, -0.1) is 0 Å². The van der Waals surface area contributed by atoms with Crippen LogP contribution in [0, 0.1) is 5.82 Å². The molecule has 1 amide bonds. The summed E-state index contributed by atoms with van der Waals surface area (Å²) in [6.07, 6.45) is 7.02. The number of benzene rings is 1. The second-order valence-electron chi connectivity index (χ2n) is 6.02. The molecule has 0 aliphatic rings. The lowest BCUT2D eigenvalue weighted by atomic mass is 9.83. The van der Waals surface area contributed by atoms with Crippen molar-refractivity contribution in [1.82, 2.24) is 15.3 Å². The van der Waals surface area contributed by atoms with Gasteiger partial charge in [0.25, 0.3) is 0 Å². The van der Waals surface area contributed by atoms with Crippen LogP contribution in [0.2, 0.25) is 0 Å². The van der Waals surface area contributed by atoms with Gasteiger partial charge in [0.2, 0.25) is 5.91 Å². The maximum Gasteiger partial charge on any atom is 0.242 e. The first-order valence-electron chi connectivity index (χ1n) is 8.19. The molecule has 2 heterocycles. The van der Waals surface area contributed by atoms with Crippen molar-refractivity contribution in [3.05, 3.63) is 95.8 Å². The third-order valence-electron chi connectivity index (χ3n) is 4.29. The standard InChI is InChI=1S/C20H19FN4O/c21-18-5-3-17(4-6-18)20(19(22)26,12-16-2-1-9-24-13-16)25-14-15-7-10-23-11-8-15/h1-11,13,25H,12,14H2,(H2,22,26).